The summed E-state index contributed by atoms with van der Waals surface area (Å²) in [5, 5.41) is 2.17. The lowest BCUT2D eigenvalue weighted by Crippen LogP contribution is -1.84. The average Bonchev–Trinajstić information content (AvgIpc) is 2.86. The minimum absolute atomic E-state index is 0.818. The first-order valence-electron chi connectivity index (χ1n) is 10.8. The zero-order chi connectivity index (χ0) is 22.8. The number of pyridine rings is 1. The summed E-state index contributed by atoms with van der Waals surface area (Å²) >= 11 is 0. The first-order valence-corrected chi connectivity index (χ1v) is 10.8. The average molecular weight is 426 g/mol. The van der Waals surface area contributed by atoms with Gasteiger partial charge in [-0.3, -0.25) is 9.98 Å². The van der Waals surface area contributed by atoms with Gasteiger partial charge in [0.15, 0.2) is 0 Å². The van der Waals surface area contributed by atoms with Crippen molar-refractivity contribution in [2.75, 3.05) is 0 Å². The Bertz CT molecular complexity index is 1530. The highest BCUT2D eigenvalue weighted by Crippen LogP contribution is 2.27. The molecule has 0 N–H and O–H groups in total. The van der Waals surface area contributed by atoms with Gasteiger partial charge in [0.2, 0.25) is 0 Å². The Morgan fingerprint density at radius 1 is 0.727 bits per heavy atom. The Morgan fingerprint density at radius 3 is 1.91 bits per heavy atom. The van der Waals surface area contributed by atoms with Crippen LogP contribution in [0.15, 0.2) is 108 Å². The topological polar surface area (TPSA) is 37.6 Å². The third kappa shape index (κ3) is 4.35. The van der Waals surface area contributed by atoms with Crippen LogP contribution in [0.1, 0.15) is 18.1 Å². The fraction of sp³-hybridized carbons (Fsp3) is 0.0333. The first-order chi connectivity index (χ1) is 16.1. The second-order valence-electron chi connectivity index (χ2n) is 8.14. The highest BCUT2D eigenvalue weighted by molar-refractivity contribution is 5.95. The molecule has 0 aliphatic heterocycles. The Balaban J connectivity index is 1.38. The molecule has 0 saturated heterocycles. The van der Waals surface area contributed by atoms with Crippen molar-refractivity contribution in [3.05, 3.63) is 109 Å². The molecule has 33 heavy (non-hydrogen) atoms. The molecule has 0 aliphatic carbocycles. The van der Waals surface area contributed by atoms with Crippen LogP contribution in [0, 0.1) is 0 Å². The summed E-state index contributed by atoms with van der Waals surface area (Å²) in [7, 11) is 0. The van der Waals surface area contributed by atoms with Crippen LogP contribution in [-0.2, 0) is 0 Å². The highest BCUT2D eigenvalue weighted by atomic mass is 14.7. The van der Waals surface area contributed by atoms with Gasteiger partial charge < -0.3 is 0 Å². The first kappa shape index (κ1) is 20.5. The second-order valence-corrected chi connectivity index (χ2v) is 8.14. The van der Waals surface area contributed by atoms with E-state index in [0.29, 0.717) is 0 Å². The molecule has 0 spiro atoms. The zero-order valence-corrected chi connectivity index (χ0v) is 18.5. The summed E-state index contributed by atoms with van der Waals surface area (Å²) < 4.78 is 0. The van der Waals surface area contributed by atoms with Gasteiger partial charge in [0.25, 0.3) is 0 Å². The summed E-state index contributed by atoms with van der Waals surface area (Å²) in [4.78, 5) is 13.5. The van der Waals surface area contributed by atoms with Gasteiger partial charge in [-0.25, -0.2) is 4.98 Å². The molecule has 158 valence electrons. The molecule has 0 saturated carbocycles. The molecule has 0 fully saturated rings. The third-order valence-electron chi connectivity index (χ3n) is 5.75. The van der Waals surface area contributed by atoms with Crippen LogP contribution < -0.4 is 0 Å². The Kier molecular flexibility index (Phi) is 5.37. The molecule has 5 rings (SSSR count). The number of allylic oxidation sites excluding steroid dienone is 1. The quantitative estimate of drug-likeness (QED) is 0.207. The van der Waals surface area contributed by atoms with Crippen molar-refractivity contribution in [2.24, 2.45) is 9.98 Å². The number of nitrogens with zero attached hydrogens (tertiary/aromatic N) is 3. The molecule has 0 unspecified atom stereocenters. The number of fused-ring (bicyclic) bond motifs is 2. The van der Waals surface area contributed by atoms with Gasteiger partial charge in [0, 0.05) is 17.0 Å². The van der Waals surface area contributed by atoms with Gasteiger partial charge in [-0.05, 0) is 66.2 Å². The predicted octanol–water partition coefficient (Wildman–Crippen LogP) is 8.17. The number of hydrogen-bond acceptors (Lipinski definition) is 3. The maximum Gasteiger partial charge on any atom is 0.0731 e. The van der Waals surface area contributed by atoms with Crippen molar-refractivity contribution in [3.8, 4) is 11.1 Å². The maximum absolute atomic E-state index is 4.80. The Morgan fingerprint density at radius 2 is 1.30 bits per heavy atom. The number of rotatable bonds is 5. The van der Waals surface area contributed by atoms with Crippen molar-refractivity contribution < 1.29 is 0 Å². The Labute approximate surface area is 193 Å². The molecule has 4 aromatic carbocycles. The van der Waals surface area contributed by atoms with Crippen LogP contribution >= 0.6 is 0 Å². The Hall–Kier alpha value is -4.37. The summed E-state index contributed by atoms with van der Waals surface area (Å²) in [5.41, 5.74) is 9.15. The molecule has 1 aromatic heterocycles. The minimum atomic E-state index is 0.818. The lowest BCUT2D eigenvalue weighted by molar-refractivity contribution is 1.46. The van der Waals surface area contributed by atoms with E-state index in [1.807, 2.05) is 43.5 Å². The van der Waals surface area contributed by atoms with Crippen LogP contribution in [0.2, 0.25) is 0 Å². The van der Waals surface area contributed by atoms with Crippen LogP contribution in [0.3, 0.4) is 0 Å². The van der Waals surface area contributed by atoms with Crippen molar-refractivity contribution in [2.45, 2.75) is 6.92 Å². The van der Waals surface area contributed by atoms with E-state index in [4.69, 9.17) is 4.98 Å². The lowest BCUT2D eigenvalue weighted by atomic mass is 10.0. The highest BCUT2D eigenvalue weighted by Gasteiger charge is 2.03. The van der Waals surface area contributed by atoms with E-state index in [1.165, 1.54) is 11.1 Å². The summed E-state index contributed by atoms with van der Waals surface area (Å²) in [6, 6.07) is 31.0. The SMILES string of the molecule is C=Nc1ccc2cc3ccc(N=Cc4ccc(-c5ccc(C(=C)C)cc5)cc4)cc3nc2c1. The molecular weight excluding hydrogens is 402 g/mol. The zero-order valence-electron chi connectivity index (χ0n) is 18.5. The fourth-order valence-electron chi connectivity index (χ4n) is 3.84. The molecule has 5 aromatic rings. The molecule has 0 aliphatic rings. The number of aliphatic imine (C=N–C) groups is 2. The molecule has 0 radical (unpaired) electrons. The van der Waals surface area contributed by atoms with Crippen molar-refractivity contribution >= 4 is 51.7 Å². The maximum atomic E-state index is 4.80. The normalized spacial score (nSPS) is 11.3. The second kappa shape index (κ2) is 8.64. The van der Waals surface area contributed by atoms with Crippen LogP contribution in [0.25, 0.3) is 38.5 Å². The van der Waals surface area contributed by atoms with E-state index in [0.717, 1.165) is 49.9 Å². The number of benzene rings is 4. The van der Waals surface area contributed by atoms with E-state index < -0.39 is 0 Å². The lowest BCUT2D eigenvalue weighted by Gasteiger charge is -2.05. The van der Waals surface area contributed by atoms with Gasteiger partial charge in [-0.1, -0.05) is 72.8 Å². The van der Waals surface area contributed by atoms with Crippen molar-refractivity contribution in [3.63, 3.8) is 0 Å². The monoisotopic (exact) mass is 425 g/mol. The van der Waals surface area contributed by atoms with Gasteiger partial charge >= 0.3 is 0 Å². The van der Waals surface area contributed by atoms with Gasteiger partial charge in [-0.15, -0.1) is 0 Å². The number of aromatic nitrogens is 1. The van der Waals surface area contributed by atoms with E-state index in [2.05, 4.69) is 83.9 Å². The van der Waals surface area contributed by atoms with E-state index >= 15 is 0 Å². The van der Waals surface area contributed by atoms with Gasteiger partial charge in [0.05, 0.1) is 22.4 Å². The minimum Gasteiger partial charge on any atom is -0.265 e. The molecule has 0 bridgehead atoms. The molecule has 3 nitrogen and oxygen atoms in total. The van der Waals surface area contributed by atoms with E-state index in [9.17, 15) is 0 Å². The predicted molar refractivity (Wildman–Crippen MR) is 142 cm³/mol. The van der Waals surface area contributed by atoms with E-state index in [1.54, 1.807) is 0 Å². The summed E-state index contributed by atoms with van der Waals surface area (Å²) in [5.74, 6) is 0. The molecule has 0 amide bonds. The van der Waals surface area contributed by atoms with Gasteiger partial charge in [0.1, 0.15) is 0 Å². The number of hydrogen-bond donors (Lipinski definition) is 0. The molecule has 3 heteroatoms. The van der Waals surface area contributed by atoms with Crippen molar-refractivity contribution in [1.29, 1.82) is 0 Å². The molecular formula is C30H23N3. The van der Waals surface area contributed by atoms with Crippen LogP contribution in [0.5, 0.6) is 0 Å². The van der Waals surface area contributed by atoms with Gasteiger partial charge in [-0.2, -0.15) is 0 Å². The molecule has 0 atom stereocenters. The fourth-order valence-corrected chi connectivity index (χ4v) is 3.84. The molecule has 1 heterocycles. The van der Waals surface area contributed by atoms with Crippen LogP contribution in [-0.4, -0.2) is 17.9 Å². The van der Waals surface area contributed by atoms with Crippen molar-refractivity contribution in [1.82, 2.24) is 4.98 Å². The third-order valence-corrected chi connectivity index (χ3v) is 5.75. The standard InChI is InChI=1S/C30H23N3/c1-20(2)22-8-10-24(11-9-22)23-6-4-21(5-7-23)19-32-28-15-13-26-16-25-12-14-27(31-3)17-29(25)33-30(26)18-28/h4-19H,1,3H2,2H3. The largest absolute Gasteiger partial charge is 0.265 e. The summed E-state index contributed by atoms with van der Waals surface area (Å²) in [6.45, 7) is 9.62. The summed E-state index contributed by atoms with van der Waals surface area (Å²) in [6.07, 6.45) is 1.88. The smallest absolute Gasteiger partial charge is 0.0731 e. The van der Waals surface area contributed by atoms with Crippen LogP contribution in [0.4, 0.5) is 11.4 Å². The van der Waals surface area contributed by atoms with E-state index in [-0.39, 0.29) is 0 Å².